The van der Waals surface area contributed by atoms with Crippen LogP contribution in [-0.4, -0.2) is 31.1 Å². The largest absolute Gasteiger partial charge is 0.334 e. The van der Waals surface area contributed by atoms with E-state index in [1.807, 2.05) is 0 Å². The number of piperidine rings is 1. The third-order valence-corrected chi connectivity index (χ3v) is 2.93. The lowest BCUT2D eigenvalue weighted by Gasteiger charge is -2.33. The standard InChI is InChI=1S/C9H15N3O2/c13-8-5-7(11-9(14)12-8)6-1-3-10-4-2-6/h6-7,10H,1-5H2,(H2,11,12,13,14). The number of amides is 3. The van der Waals surface area contributed by atoms with Crippen LogP contribution in [0, 0.1) is 5.92 Å². The summed E-state index contributed by atoms with van der Waals surface area (Å²) in [6.07, 6.45) is 2.51. The molecule has 14 heavy (non-hydrogen) atoms. The molecule has 2 heterocycles. The van der Waals surface area contributed by atoms with E-state index in [1.54, 1.807) is 0 Å². The van der Waals surface area contributed by atoms with Crippen molar-refractivity contribution in [1.29, 1.82) is 0 Å². The van der Waals surface area contributed by atoms with Crippen LogP contribution in [0.25, 0.3) is 0 Å². The second kappa shape index (κ2) is 3.96. The predicted octanol–water partition coefficient (Wildman–Crippen LogP) is -0.416. The summed E-state index contributed by atoms with van der Waals surface area (Å²) in [6, 6.07) is -0.303. The predicted molar refractivity (Wildman–Crippen MR) is 50.7 cm³/mol. The summed E-state index contributed by atoms with van der Waals surface area (Å²) in [4.78, 5) is 22.2. The molecule has 78 valence electrons. The summed E-state index contributed by atoms with van der Waals surface area (Å²) in [5.74, 6) is 0.295. The van der Waals surface area contributed by atoms with Crippen molar-refractivity contribution in [3.8, 4) is 0 Å². The van der Waals surface area contributed by atoms with E-state index in [-0.39, 0.29) is 18.0 Å². The molecule has 2 aliphatic heterocycles. The van der Waals surface area contributed by atoms with Gasteiger partial charge >= 0.3 is 6.03 Å². The van der Waals surface area contributed by atoms with Gasteiger partial charge in [-0.15, -0.1) is 0 Å². The highest BCUT2D eigenvalue weighted by molar-refractivity contribution is 5.97. The normalized spacial score (nSPS) is 29.6. The zero-order valence-electron chi connectivity index (χ0n) is 8.01. The molecule has 5 heteroatoms. The van der Waals surface area contributed by atoms with Crippen LogP contribution in [0.2, 0.25) is 0 Å². The molecule has 3 amide bonds. The Balaban J connectivity index is 1.95. The lowest BCUT2D eigenvalue weighted by Crippen LogP contribution is -2.55. The first-order chi connectivity index (χ1) is 6.75. The van der Waals surface area contributed by atoms with Crippen molar-refractivity contribution in [2.75, 3.05) is 13.1 Å². The minimum absolute atomic E-state index is 0.0401. The number of hydrogen-bond donors (Lipinski definition) is 3. The quantitative estimate of drug-likeness (QED) is 0.535. The molecule has 0 bridgehead atoms. The first-order valence-electron chi connectivity index (χ1n) is 5.07. The third-order valence-electron chi connectivity index (χ3n) is 2.93. The fourth-order valence-electron chi connectivity index (χ4n) is 2.16. The summed E-state index contributed by atoms with van der Waals surface area (Å²) in [7, 11) is 0. The highest BCUT2D eigenvalue weighted by atomic mass is 16.2. The summed E-state index contributed by atoms with van der Waals surface area (Å²) >= 11 is 0. The van der Waals surface area contributed by atoms with E-state index in [1.165, 1.54) is 0 Å². The number of rotatable bonds is 1. The van der Waals surface area contributed by atoms with Gasteiger partial charge in [-0.2, -0.15) is 0 Å². The zero-order chi connectivity index (χ0) is 9.97. The van der Waals surface area contributed by atoms with E-state index in [4.69, 9.17) is 0 Å². The van der Waals surface area contributed by atoms with Crippen LogP contribution in [0.15, 0.2) is 0 Å². The Bertz CT molecular complexity index is 232. The summed E-state index contributed by atoms with van der Waals surface area (Å²) in [6.45, 7) is 1.97. The maximum atomic E-state index is 11.1. The van der Waals surface area contributed by atoms with Crippen LogP contribution in [0.5, 0.6) is 0 Å². The molecule has 2 fully saturated rings. The molecule has 5 nitrogen and oxygen atoms in total. The molecule has 1 unspecified atom stereocenters. The highest BCUT2D eigenvalue weighted by Gasteiger charge is 2.30. The molecule has 1 atom stereocenters. The van der Waals surface area contributed by atoms with Crippen molar-refractivity contribution in [3.63, 3.8) is 0 Å². The molecule has 2 rings (SSSR count). The Morgan fingerprint density at radius 1 is 1.14 bits per heavy atom. The van der Waals surface area contributed by atoms with Gasteiger partial charge in [-0.1, -0.05) is 0 Å². The molecule has 0 aliphatic carbocycles. The Morgan fingerprint density at radius 3 is 2.50 bits per heavy atom. The van der Waals surface area contributed by atoms with Gasteiger partial charge in [0.1, 0.15) is 0 Å². The van der Waals surface area contributed by atoms with E-state index in [0.29, 0.717) is 12.3 Å². The summed E-state index contributed by atoms with van der Waals surface area (Å²) < 4.78 is 0. The molecule has 0 spiro atoms. The van der Waals surface area contributed by atoms with Gasteiger partial charge in [-0.3, -0.25) is 10.1 Å². The van der Waals surface area contributed by atoms with Crippen molar-refractivity contribution in [3.05, 3.63) is 0 Å². The van der Waals surface area contributed by atoms with E-state index in [9.17, 15) is 9.59 Å². The number of carbonyl (C=O) groups excluding carboxylic acids is 2. The molecule has 0 aromatic heterocycles. The van der Waals surface area contributed by atoms with Gasteiger partial charge in [0.15, 0.2) is 0 Å². The second-order valence-electron chi connectivity index (χ2n) is 3.92. The van der Waals surface area contributed by atoms with Gasteiger partial charge in [0, 0.05) is 12.5 Å². The maximum Gasteiger partial charge on any atom is 0.321 e. The monoisotopic (exact) mass is 197 g/mol. The Labute approximate surface area is 82.6 Å². The number of carbonyl (C=O) groups is 2. The Hall–Kier alpha value is -1.10. The number of hydrogen-bond acceptors (Lipinski definition) is 3. The molecule has 0 aromatic carbocycles. The van der Waals surface area contributed by atoms with Gasteiger partial charge in [-0.05, 0) is 31.8 Å². The van der Waals surface area contributed by atoms with Crippen LogP contribution in [0.4, 0.5) is 4.79 Å². The fourth-order valence-corrected chi connectivity index (χ4v) is 2.16. The van der Waals surface area contributed by atoms with Gasteiger partial charge in [0.25, 0.3) is 0 Å². The van der Waals surface area contributed by atoms with Gasteiger partial charge in [0.2, 0.25) is 5.91 Å². The number of nitrogens with one attached hydrogen (secondary N) is 3. The first-order valence-corrected chi connectivity index (χ1v) is 5.07. The topological polar surface area (TPSA) is 70.2 Å². The lowest BCUT2D eigenvalue weighted by atomic mass is 9.87. The summed E-state index contributed by atoms with van der Waals surface area (Å²) in [5, 5.41) is 8.32. The van der Waals surface area contributed by atoms with E-state index >= 15 is 0 Å². The smallest absolute Gasteiger partial charge is 0.321 e. The molecule has 3 N–H and O–H groups in total. The SMILES string of the molecule is O=C1CC(C2CCNCC2)NC(=O)N1. The van der Waals surface area contributed by atoms with Gasteiger partial charge in [0.05, 0.1) is 0 Å². The molecule has 2 saturated heterocycles. The van der Waals surface area contributed by atoms with E-state index in [2.05, 4.69) is 16.0 Å². The van der Waals surface area contributed by atoms with Crippen molar-refractivity contribution in [2.24, 2.45) is 5.92 Å². The van der Waals surface area contributed by atoms with Crippen LogP contribution < -0.4 is 16.0 Å². The van der Waals surface area contributed by atoms with Gasteiger partial charge < -0.3 is 10.6 Å². The average molecular weight is 197 g/mol. The van der Waals surface area contributed by atoms with Crippen LogP contribution in [0.1, 0.15) is 19.3 Å². The average Bonchev–Trinajstić information content (AvgIpc) is 2.18. The minimum Gasteiger partial charge on any atom is -0.334 e. The van der Waals surface area contributed by atoms with Crippen molar-refractivity contribution >= 4 is 11.9 Å². The molecule has 0 radical (unpaired) electrons. The second-order valence-corrected chi connectivity index (χ2v) is 3.92. The molecule has 0 saturated carbocycles. The molecule has 2 aliphatic rings. The van der Waals surface area contributed by atoms with E-state index in [0.717, 1.165) is 25.9 Å². The Morgan fingerprint density at radius 2 is 1.86 bits per heavy atom. The lowest BCUT2D eigenvalue weighted by molar-refractivity contribution is -0.121. The van der Waals surface area contributed by atoms with Crippen molar-refractivity contribution < 1.29 is 9.59 Å². The highest BCUT2D eigenvalue weighted by Crippen LogP contribution is 2.19. The minimum atomic E-state index is -0.343. The summed E-state index contributed by atoms with van der Waals surface area (Å²) in [5.41, 5.74) is 0. The van der Waals surface area contributed by atoms with Crippen LogP contribution >= 0.6 is 0 Å². The molecular weight excluding hydrogens is 182 g/mol. The zero-order valence-corrected chi connectivity index (χ0v) is 8.01. The first kappa shape index (κ1) is 9.45. The molecular formula is C9H15N3O2. The maximum absolute atomic E-state index is 11.1. The van der Waals surface area contributed by atoms with Crippen LogP contribution in [0.3, 0.4) is 0 Å². The van der Waals surface area contributed by atoms with E-state index < -0.39 is 0 Å². The van der Waals surface area contributed by atoms with Gasteiger partial charge in [-0.25, -0.2) is 4.79 Å². The number of urea groups is 1. The Kier molecular flexibility index (Phi) is 2.67. The fraction of sp³-hybridized carbons (Fsp3) is 0.778. The van der Waals surface area contributed by atoms with Crippen molar-refractivity contribution in [1.82, 2.24) is 16.0 Å². The molecule has 0 aromatic rings. The number of imide groups is 1. The third kappa shape index (κ3) is 2.04. The van der Waals surface area contributed by atoms with Crippen molar-refractivity contribution in [2.45, 2.75) is 25.3 Å². The van der Waals surface area contributed by atoms with Crippen LogP contribution in [-0.2, 0) is 4.79 Å².